The second kappa shape index (κ2) is 5.51. The monoisotopic (exact) mass is 298 g/mol. The molecule has 1 aromatic carbocycles. The summed E-state index contributed by atoms with van der Waals surface area (Å²) in [4.78, 5) is 2.39. The Labute approximate surface area is 125 Å². The van der Waals surface area contributed by atoms with E-state index >= 15 is 0 Å². The summed E-state index contributed by atoms with van der Waals surface area (Å²) in [7, 11) is 0. The smallest absolute Gasteiger partial charge is 0.0825 e. The summed E-state index contributed by atoms with van der Waals surface area (Å²) in [6, 6.07) is 5.92. The maximum absolute atomic E-state index is 6.32. The van der Waals surface area contributed by atoms with Gasteiger partial charge in [0, 0.05) is 13.1 Å². The van der Waals surface area contributed by atoms with Crippen LogP contribution in [-0.2, 0) is 0 Å². The highest BCUT2D eigenvalue weighted by atomic mass is 35.5. The molecule has 0 atom stereocenters. The number of rotatable bonds is 1. The Morgan fingerprint density at radius 3 is 2.37 bits per heavy atom. The summed E-state index contributed by atoms with van der Waals surface area (Å²) in [6.07, 6.45) is 5.20. The zero-order valence-electron chi connectivity index (χ0n) is 11.1. The Kier molecular flexibility index (Phi) is 3.93. The van der Waals surface area contributed by atoms with E-state index in [0.29, 0.717) is 15.5 Å². The van der Waals surface area contributed by atoms with E-state index in [4.69, 9.17) is 23.2 Å². The van der Waals surface area contributed by atoms with E-state index in [1.807, 2.05) is 12.1 Å². The van der Waals surface area contributed by atoms with E-state index in [1.165, 1.54) is 38.8 Å². The van der Waals surface area contributed by atoms with Gasteiger partial charge in [-0.15, -0.1) is 0 Å². The van der Waals surface area contributed by atoms with Crippen LogP contribution in [0.2, 0.25) is 10.0 Å². The maximum atomic E-state index is 6.32. The van der Waals surface area contributed by atoms with Gasteiger partial charge in [-0.05, 0) is 56.3 Å². The first-order chi connectivity index (χ1) is 9.20. The molecule has 4 heteroatoms. The normalized spacial score (nSPS) is 22.7. The van der Waals surface area contributed by atoms with Crippen molar-refractivity contribution in [2.75, 3.05) is 31.1 Å². The van der Waals surface area contributed by atoms with Crippen LogP contribution < -0.4 is 10.2 Å². The molecule has 0 aromatic heterocycles. The molecule has 0 amide bonds. The second-order valence-corrected chi connectivity index (χ2v) is 6.60. The molecule has 1 N–H and O–H groups in total. The van der Waals surface area contributed by atoms with Crippen LogP contribution in [-0.4, -0.2) is 26.2 Å². The zero-order chi connectivity index (χ0) is 13.3. The molecule has 0 bridgehead atoms. The number of nitrogens with zero attached hydrogens (tertiary/aromatic N) is 1. The Morgan fingerprint density at radius 1 is 1.00 bits per heavy atom. The van der Waals surface area contributed by atoms with Gasteiger partial charge in [0.15, 0.2) is 0 Å². The van der Waals surface area contributed by atoms with E-state index in [2.05, 4.69) is 16.3 Å². The van der Waals surface area contributed by atoms with Crippen molar-refractivity contribution in [1.82, 2.24) is 5.32 Å². The maximum Gasteiger partial charge on any atom is 0.0825 e. The van der Waals surface area contributed by atoms with Gasteiger partial charge in [0.2, 0.25) is 0 Å². The Bertz CT molecular complexity index is 445. The molecule has 3 rings (SSSR count). The summed E-state index contributed by atoms with van der Waals surface area (Å²) < 4.78 is 0. The van der Waals surface area contributed by atoms with Gasteiger partial charge in [0.1, 0.15) is 0 Å². The first-order valence-electron chi connectivity index (χ1n) is 7.10. The summed E-state index contributed by atoms with van der Waals surface area (Å²) in [5.41, 5.74) is 1.67. The van der Waals surface area contributed by atoms with Gasteiger partial charge in [0.05, 0.1) is 15.7 Å². The van der Waals surface area contributed by atoms with Crippen LogP contribution in [0.5, 0.6) is 0 Å². The molecule has 0 saturated carbocycles. The van der Waals surface area contributed by atoms with Crippen molar-refractivity contribution in [3.8, 4) is 0 Å². The van der Waals surface area contributed by atoms with Crippen molar-refractivity contribution < 1.29 is 0 Å². The lowest BCUT2D eigenvalue weighted by Gasteiger charge is -2.45. The molecule has 0 radical (unpaired) electrons. The van der Waals surface area contributed by atoms with E-state index < -0.39 is 0 Å². The molecule has 2 nitrogen and oxygen atoms in total. The zero-order valence-corrected chi connectivity index (χ0v) is 12.6. The molecule has 19 heavy (non-hydrogen) atoms. The fourth-order valence-corrected chi connectivity index (χ4v) is 3.83. The average molecular weight is 299 g/mol. The van der Waals surface area contributed by atoms with Crippen molar-refractivity contribution in [3.63, 3.8) is 0 Å². The lowest BCUT2D eigenvalue weighted by atomic mass is 9.71. The summed E-state index contributed by atoms with van der Waals surface area (Å²) in [6.45, 7) is 4.55. The first kappa shape index (κ1) is 13.5. The molecule has 2 aliphatic rings. The quantitative estimate of drug-likeness (QED) is 0.844. The van der Waals surface area contributed by atoms with Crippen LogP contribution in [0.4, 0.5) is 5.69 Å². The first-order valence-corrected chi connectivity index (χ1v) is 7.86. The van der Waals surface area contributed by atoms with Crippen LogP contribution in [0.15, 0.2) is 18.2 Å². The molecule has 2 fully saturated rings. The van der Waals surface area contributed by atoms with E-state index in [9.17, 15) is 0 Å². The number of anilines is 1. The predicted octanol–water partition coefficient (Wildman–Crippen LogP) is 3.96. The summed E-state index contributed by atoms with van der Waals surface area (Å²) in [5, 5.41) is 4.82. The third-order valence-corrected chi connectivity index (χ3v) is 5.57. The molecule has 1 spiro atoms. The highest BCUT2D eigenvalue weighted by Gasteiger charge is 2.35. The number of hydrogen-bond acceptors (Lipinski definition) is 2. The Balaban J connectivity index is 1.71. The van der Waals surface area contributed by atoms with Crippen molar-refractivity contribution in [2.24, 2.45) is 5.41 Å². The lowest BCUT2D eigenvalue weighted by Crippen LogP contribution is -2.45. The minimum Gasteiger partial charge on any atom is -0.370 e. The summed E-state index contributed by atoms with van der Waals surface area (Å²) in [5.74, 6) is 0. The molecule has 104 valence electrons. The molecule has 0 unspecified atom stereocenters. The fraction of sp³-hybridized carbons (Fsp3) is 0.600. The molecule has 2 saturated heterocycles. The van der Waals surface area contributed by atoms with Gasteiger partial charge in [-0.25, -0.2) is 0 Å². The molecule has 0 aliphatic carbocycles. The van der Waals surface area contributed by atoms with Crippen molar-refractivity contribution >= 4 is 28.9 Å². The fourth-order valence-electron chi connectivity index (χ4n) is 3.42. The number of nitrogens with one attached hydrogen (secondary N) is 1. The number of benzene rings is 1. The number of piperidine rings is 2. The van der Waals surface area contributed by atoms with Crippen molar-refractivity contribution in [2.45, 2.75) is 25.7 Å². The van der Waals surface area contributed by atoms with Crippen molar-refractivity contribution in [3.05, 3.63) is 28.2 Å². The van der Waals surface area contributed by atoms with Gasteiger partial charge in [-0.3, -0.25) is 0 Å². The van der Waals surface area contributed by atoms with Gasteiger partial charge in [-0.1, -0.05) is 29.3 Å². The standard InChI is InChI=1S/C15H20Cl2N2/c16-12-2-1-3-13(14(12)17)19-10-6-15(7-11-19)4-8-18-9-5-15/h1-3,18H,4-11H2. The molecule has 1 aromatic rings. The molecular formula is C15H20Cl2N2. The van der Waals surface area contributed by atoms with Gasteiger partial charge in [0.25, 0.3) is 0 Å². The van der Waals surface area contributed by atoms with Gasteiger partial charge >= 0.3 is 0 Å². The van der Waals surface area contributed by atoms with E-state index in [1.54, 1.807) is 0 Å². The minimum atomic E-state index is 0.576. The third-order valence-electron chi connectivity index (χ3n) is 4.76. The van der Waals surface area contributed by atoms with Gasteiger partial charge < -0.3 is 10.2 Å². The average Bonchev–Trinajstić information content (AvgIpc) is 2.44. The molecule has 2 heterocycles. The SMILES string of the molecule is Clc1cccc(N2CCC3(CCNCC3)CC2)c1Cl. The van der Waals surface area contributed by atoms with Gasteiger partial charge in [-0.2, -0.15) is 0 Å². The minimum absolute atomic E-state index is 0.576. The van der Waals surface area contributed by atoms with Crippen LogP contribution in [0.25, 0.3) is 0 Å². The second-order valence-electron chi connectivity index (χ2n) is 5.81. The lowest BCUT2D eigenvalue weighted by molar-refractivity contribution is 0.155. The van der Waals surface area contributed by atoms with Crippen LogP contribution in [0.1, 0.15) is 25.7 Å². The van der Waals surface area contributed by atoms with E-state index in [-0.39, 0.29) is 0 Å². The molecular weight excluding hydrogens is 279 g/mol. The Hall–Kier alpha value is -0.440. The van der Waals surface area contributed by atoms with Crippen LogP contribution >= 0.6 is 23.2 Å². The highest BCUT2D eigenvalue weighted by molar-refractivity contribution is 6.43. The topological polar surface area (TPSA) is 15.3 Å². The third kappa shape index (κ3) is 2.72. The van der Waals surface area contributed by atoms with E-state index in [0.717, 1.165) is 18.8 Å². The summed E-state index contributed by atoms with van der Waals surface area (Å²) >= 11 is 12.4. The van der Waals surface area contributed by atoms with Crippen LogP contribution in [0, 0.1) is 5.41 Å². The largest absolute Gasteiger partial charge is 0.370 e. The highest BCUT2D eigenvalue weighted by Crippen LogP contribution is 2.42. The number of hydrogen-bond donors (Lipinski definition) is 1. The predicted molar refractivity (Wildman–Crippen MR) is 82.4 cm³/mol. The number of halogens is 2. The Morgan fingerprint density at radius 2 is 1.68 bits per heavy atom. The molecule has 2 aliphatic heterocycles. The van der Waals surface area contributed by atoms with Crippen molar-refractivity contribution in [1.29, 1.82) is 0 Å². The van der Waals surface area contributed by atoms with Crippen LogP contribution in [0.3, 0.4) is 0 Å².